The van der Waals surface area contributed by atoms with Crippen molar-refractivity contribution in [2.75, 3.05) is 15.9 Å². The third-order valence-corrected chi connectivity index (χ3v) is 7.41. The summed E-state index contributed by atoms with van der Waals surface area (Å²) in [6.07, 6.45) is 1.17. The maximum Gasteiger partial charge on any atom is 0.257 e. The highest BCUT2D eigenvalue weighted by Crippen LogP contribution is 2.28. The summed E-state index contributed by atoms with van der Waals surface area (Å²) in [6, 6.07) is 21.2. The number of hydrogen-bond acceptors (Lipinski definition) is 6. The molecule has 0 fully saturated rings. The first kappa shape index (κ1) is 23.9. The minimum atomic E-state index is -3.53. The van der Waals surface area contributed by atoms with Gasteiger partial charge < -0.3 is 0 Å². The molecule has 0 spiro atoms. The molecule has 4 rings (SSSR count). The van der Waals surface area contributed by atoms with Gasteiger partial charge in [-0.1, -0.05) is 59.3 Å². The summed E-state index contributed by atoms with van der Waals surface area (Å²) in [5.74, 6) is -0.366. The molecule has 0 aliphatic rings. The van der Waals surface area contributed by atoms with Gasteiger partial charge in [-0.2, -0.15) is 0 Å². The van der Waals surface area contributed by atoms with Crippen LogP contribution >= 0.6 is 22.9 Å². The van der Waals surface area contributed by atoms with Crippen molar-refractivity contribution in [1.29, 1.82) is 0 Å². The first-order valence-electron chi connectivity index (χ1n) is 10.2. The summed E-state index contributed by atoms with van der Waals surface area (Å²) in [5.41, 5.74) is 3.60. The molecular formula is C24H21ClN4O3S2. The van der Waals surface area contributed by atoms with Crippen LogP contribution in [0.3, 0.4) is 0 Å². The smallest absolute Gasteiger partial charge is 0.257 e. The monoisotopic (exact) mass is 512 g/mol. The van der Waals surface area contributed by atoms with Gasteiger partial charge in [0.2, 0.25) is 15.2 Å². The summed E-state index contributed by atoms with van der Waals surface area (Å²) in [4.78, 5) is 12.7. The molecule has 0 saturated carbocycles. The molecule has 3 aromatic carbocycles. The minimum Gasteiger partial charge on any atom is -0.296 e. The van der Waals surface area contributed by atoms with Gasteiger partial charge >= 0.3 is 0 Å². The Morgan fingerprint density at radius 1 is 1.00 bits per heavy atom. The fraction of sp³-hybridized carbons (Fsp3) is 0.125. The first-order chi connectivity index (χ1) is 16.2. The summed E-state index contributed by atoms with van der Waals surface area (Å²) >= 11 is 7.16. The van der Waals surface area contributed by atoms with Gasteiger partial charge in [0.05, 0.1) is 18.5 Å². The molecule has 10 heteroatoms. The third-order valence-electron chi connectivity index (χ3n) is 5.13. The second kappa shape index (κ2) is 9.92. The maximum absolute atomic E-state index is 12.7. The Labute approximate surface area is 207 Å². The summed E-state index contributed by atoms with van der Waals surface area (Å²) in [6.45, 7) is 2.14. The number of anilines is 2. The van der Waals surface area contributed by atoms with Crippen molar-refractivity contribution in [3.63, 3.8) is 0 Å². The number of benzene rings is 3. The molecule has 1 heterocycles. The number of nitrogens with zero attached hydrogens (tertiary/aromatic N) is 3. The van der Waals surface area contributed by atoms with Gasteiger partial charge in [0.25, 0.3) is 5.91 Å². The fourth-order valence-corrected chi connectivity index (χ4v) is 5.02. The zero-order chi connectivity index (χ0) is 24.3. The topological polar surface area (TPSA) is 92.3 Å². The lowest BCUT2D eigenvalue weighted by molar-refractivity contribution is 0.102. The van der Waals surface area contributed by atoms with Crippen molar-refractivity contribution < 1.29 is 13.2 Å². The Hall–Kier alpha value is -3.27. The van der Waals surface area contributed by atoms with E-state index >= 15 is 0 Å². The first-order valence-corrected chi connectivity index (χ1v) is 13.3. The number of sulfonamides is 1. The van der Waals surface area contributed by atoms with E-state index in [0.717, 1.165) is 16.7 Å². The SMILES string of the molecule is Cc1ccccc1CN(c1ccc(C(=O)Nc2nnc(-c3ccc(Cl)cc3)s2)cc1)S(C)(=O)=O. The quantitative estimate of drug-likeness (QED) is 0.358. The Balaban J connectivity index is 1.49. The van der Waals surface area contributed by atoms with Gasteiger partial charge in [-0.05, 0) is 54.4 Å². The lowest BCUT2D eigenvalue weighted by Gasteiger charge is -2.23. The predicted molar refractivity (Wildman–Crippen MR) is 137 cm³/mol. The van der Waals surface area contributed by atoms with E-state index in [0.29, 0.717) is 26.4 Å². The van der Waals surface area contributed by atoms with E-state index in [9.17, 15) is 13.2 Å². The van der Waals surface area contributed by atoms with Crippen LogP contribution < -0.4 is 9.62 Å². The highest BCUT2D eigenvalue weighted by Gasteiger charge is 2.19. The number of aromatic nitrogens is 2. The van der Waals surface area contributed by atoms with Crippen LogP contribution in [0, 0.1) is 6.92 Å². The minimum absolute atomic E-state index is 0.204. The van der Waals surface area contributed by atoms with Gasteiger partial charge in [0.15, 0.2) is 0 Å². The van der Waals surface area contributed by atoms with Crippen LogP contribution in [0.1, 0.15) is 21.5 Å². The number of nitrogens with one attached hydrogen (secondary N) is 1. The summed E-state index contributed by atoms with van der Waals surface area (Å²) in [7, 11) is -3.53. The average Bonchev–Trinajstić information content (AvgIpc) is 3.27. The number of carbonyl (C=O) groups is 1. The van der Waals surface area contributed by atoms with Gasteiger partial charge in [-0.3, -0.25) is 14.4 Å². The second-order valence-corrected chi connectivity index (χ2v) is 10.9. The van der Waals surface area contributed by atoms with Crippen molar-refractivity contribution >= 4 is 49.7 Å². The highest BCUT2D eigenvalue weighted by molar-refractivity contribution is 7.92. The zero-order valence-electron chi connectivity index (χ0n) is 18.4. The van der Waals surface area contributed by atoms with Gasteiger partial charge in [0, 0.05) is 16.1 Å². The predicted octanol–water partition coefficient (Wildman–Crippen LogP) is 5.39. The largest absolute Gasteiger partial charge is 0.296 e. The Morgan fingerprint density at radius 2 is 1.68 bits per heavy atom. The molecule has 4 aromatic rings. The number of carbonyl (C=O) groups excluding carboxylic acids is 1. The Bertz CT molecular complexity index is 1420. The van der Waals surface area contributed by atoms with E-state index in [2.05, 4.69) is 15.5 Å². The Morgan fingerprint density at radius 3 is 2.32 bits per heavy atom. The van der Waals surface area contributed by atoms with E-state index < -0.39 is 10.0 Å². The molecule has 0 radical (unpaired) electrons. The van der Waals surface area contributed by atoms with E-state index in [4.69, 9.17) is 11.6 Å². The van der Waals surface area contributed by atoms with Crippen LogP contribution in [0.25, 0.3) is 10.6 Å². The van der Waals surface area contributed by atoms with Crippen LogP contribution in [-0.4, -0.2) is 30.8 Å². The third kappa shape index (κ3) is 5.61. The lowest BCUT2D eigenvalue weighted by Crippen LogP contribution is -2.29. The van der Waals surface area contributed by atoms with Gasteiger partial charge in [0.1, 0.15) is 5.01 Å². The van der Waals surface area contributed by atoms with Crippen LogP contribution in [0.5, 0.6) is 0 Å². The van der Waals surface area contributed by atoms with Crippen LogP contribution in [0.15, 0.2) is 72.8 Å². The van der Waals surface area contributed by atoms with Crippen LogP contribution in [0.4, 0.5) is 10.8 Å². The number of aryl methyl sites for hydroxylation is 1. The molecule has 0 saturated heterocycles. The van der Waals surface area contributed by atoms with Crippen LogP contribution in [-0.2, 0) is 16.6 Å². The van der Waals surface area contributed by atoms with Crippen molar-refractivity contribution in [2.45, 2.75) is 13.5 Å². The van der Waals surface area contributed by atoms with Crippen LogP contribution in [0.2, 0.25) is 5.02 Å². The van der Waals surface area contributed by atoms with E-state index in [1.807, 2.05) is 43.3 Å². The van der Waals surface area contributed by atoms with Crippen molar-refractivity contribution in [1.82, 2.24) is 10.2 Å². The molecule has 174 valence electrons. The highest BCUT2D eigenvalue weighted by atomic mass is 35.5. The normalized spacial score (nSPS) is 11.3. The number of rotatable bonds is 7. The number of amides is 1. The molecular weight excluding hydrogens is 492 g/mol. The molecule has 0 unspecified atom stereocenters. The Kier molecular flexibility index (Phi) is 6.97. The molecule has 0 bridgehead atoms. The van der Waals surface area contributed by atoms with Crippen molar-refractivity contribution in [2.24, 2.45) is 0 Å². The molecule has 7 nitrogen and oxygen atoms in total. The fourth-order valence-electron chi connectivity index (χ4n) is 3.27. The van der Waals surface area contributed by atoms with Gasteiger partial charge in [-0.15, -0.1) is 10.2 Å². The van der Waals surface area contributed by atoms with Gasteiger partial charge in [-0.25, -0.2) is 8.42 Å². The summed E-state index contributed by atoms with van der Waals surface area (Å²) < 4.78 is 26.3. The molecule has 0 atom stereocenters. The molecule has 34 heavy (non-hydrogen) atoms. The standard InChI is InChI=1S/C24H21ClN4O3S2/c1-16-5-3-4-6-19(16)15-29(34(2,31)32)21-13-9-17(10-14-21)22(30)26-24-28-27-23(33-24)18-7-11-20(25)12-8-18/h3-14H,15H2,1-2H3,(H,26,28,30). The number of halogens is 1. The average molecular weight is 513 g/mol. The van der Waals surface area contributed by atoms with Crippen molar-refractivity contribution in [3.8, 4) is 10.6 Å². The van der Waals surface area contributed by atoms with E-state index in [1.54, 1.807) is 36.4 Å². The molecule has 1 aromatic heterocycles. The maximum atomic E-state index is 12.7. The molecule has 1 amide bonds. The molecule has 1 N–H and O–H groups in total. The lowest BCUT2D eigenvalue weighted by atomic mass is 10.1. The van der Waals surface area contributed by atoms with E-state index in [1.165, 1.54) is 21.9 Å². The van der Waals surface area contributed by atoms with Crippen molar-refractivity contribution in [3.05, 3.63) is 94.5 Å². The van der Waals surface area contributed by atoms with E-state index in [-0.39, 0.29) is 12.5 Å². The number of hydrogen-bond donors (Lipinski definition) is 1. The molecule has 0 aliphatic heterocycles. The zero-order valence-corrected chi connectivity index (χ0v) is 20.8. The summed E-state index contributed by atoms with van der Waals surface area (Å²) in [5, 5.41) is 12.5. The molecule has 0 aliphatic carbocycles. The second-order valence-electron chi connectivity index (χ2n) is 7.62.